The molecule has 3 aromatic rings. The minimum Gasteiger partial charge on any atom is -0.497 e. The molecule has 1 aliphatic rings. The Morgan fingerprint density at radius 3 is 2.26 bits per heavy atom. The number of ether oxygens (including phenoxy) is 1. The summed E-state index contributed by atoms with van der Waals surface area (Å²) in [6.07, 6.45) is 1.13. The third kappa shape index (κ3) is 5.63. The summed E-state index contributed by atoms with van der Waals surface area (Å²) in [4.78, 5) is 27.7. The van der Waals surface area contributed by atoms with E-state index in [0.717, 1.165) is 22.1 Å². The molecule has 0 spiro atoms. The van der Waals surface area contributed by atoms with Crippen LogP contribution in [0.3, 0.4) is 0 Å². The molecular formula is C26H29N3O5S. The predicted octanol–water partition coefficient (Wildman–Crippen LogP) is 3.48. The van der Waals surface area contributed by atoms with Crippen LogP contribution >= 0.6 is 0 Å². The Hall–Kier alpha value is -3.43. The van der Waals surface area contributed by atoms with Crippen LogP contribution in [0.15, 0.2) is 65.6 Å². The molecule has 35 heavy (non-hydrogen) atoms. The lowest BCUT2D eigenvalue weighted by Crippen LogP contribution is -2.43. The number of piperidine rings is 1. The van der Waals surface area contributed by atoms with Crippen molar-refractivity contribution < 1.29 is 22.7 Å². The van der Waals surface area contributed by atoms with Crippen molar-refractivity contribution in [3.63, 3.8) is 0 Å². The molecule has 0 aliphatic carbocycles. The van der Waals surface area contributed by atoms with Crippen molar-refractivity contribution >= 4 is 38.3 Å². The SMILES string of the molecule is COc1ccc2cc([C@H](C)C(=O)N3CCC(C(=O)Nc4ccc(S(N)(=O)=O)cc4)CC3)ccc2c1. The number of sulfonamides is 1. The van der Waals surface area contributed by atoms with Crippen molar-refractivity contribution in [1.29, 1.82) is 0 Å². The number of primary sulfonamides is 1. The van der Waals surface area contributed by atoms with E-state index in [9.17, 15) is 18.0 Å². The molecule has 1 saturated heterocycles. The summed E-state index contributed by atoms with van der Waals surface area (Å²) in [7, 11) is -2.14. The largest absolute Gasteiger partial charge is 0.497 e. The quantitative estimate of drug-likeness (QED) is 0.543. The highest BCUT2D eigenvalue weighted by molar-refractivity contribution is 7.89. The van der Waals surface area contributed by atoms with E-state index in [0.29, 0.717) is 31.6 Å². The molecule has 184 valence electrons. The molecule has 8 nitrogen and oxygen atoms in total. The van der Waals surface area contributed by atoms with E-state index in [-0.39, 0.29) is 28.5 Å². The van der Waals surface area contributed by atoms with Crippen LogP contribution in [0.25, 0.3) is 10.8 Å². The molecule has 1 heterocycles. The number of hydrogen-bond acceptors (Lipinski definition) is 5. The van der Waals surface area contributed by atoms with E-state index in [1.807, 2.05) is 48.2 Å². The third-order valence-electron chi connectivity index (χ3n) is 6.57. The highest BCUT2D eigenvalue weighted by Gasteiger charge is 2.30. The second-order valence-electron chi connectivity index (χ2n) is 8.85. The van der Waals surface area contributed by atoms with Gasteiger partial charge in [-0.05, 0) is 72.5 Å². The van der Waals surface area contributed by atoms with Gasteiger partial charge in [0.1, 0.15) is 5.75 Å². The average Bonchev–Trinajstić information content (AvgIpc) is 2.87. The standard InChI is InChI=1S/C26H29N3O5S/c1-17(19-3-4-21-16-23(34-2)8-5-20(21)15-19)26(31)29-13-11-18(12-14-29)25(30)28-22-6-9-24(10-7-22)35(27,32)33/h3-10,15-18H,11-14H2,1-2H3,(H,28,30)(H2,27,32,33)/t17-/m0/s1. The molecule has 3 N–H and O–H groups in total. The first-order valence-corrected chi connectivity index (χ1v) is 13.0. The van der Waals surface area contributed by atoms with Gasteiger partial charge in [-0.15, -0.1) is 0 Å². The number of methoxy groups -OCH3 is 1. The molecule has 1 atom stereocenters. The Morgan fingerprint density at radius 1 is 1.00 bits per heavy atom. The van der Waals surface area contributed by atoms with Gasteiger partial charge in [0.05, 0.1) is 17.9 Å². The highest BCUT2D eigenvalue weighted by Crippen LogP contribution is 2.28. The summed E-state index contributed by atoms with van der Waals surface area (Å²) in [5.74, 6) is 0.197. The maximum absolute atomic E-state index is 13.2. The van der Waals surface area contributed by atoms with Crippen LogP contribution in [0.1, 0.15) is 31.2 Å². The number of hydrogen-bond donors (Lipinski definition) is 2. The summed E-state index contributed by atoms with van der Waals surface area (Å²) in [6.45, 7) is 2.93. The number of nitrogens with two attached hydrogens (primary N) is 1. The average molecular weight is 496 g/mol. The number of carbonyl (C=O) groups excluding carboxylic acids is 2. The van der Waals surface area contributed by atoms with Crippen LogP contribution < -0.4 is 15.2 Å². The lowest BCUT2D eigenvalue weighted by atomic mass is 9.92. The summed E-state index contributed by atoms with van der Waals surface area (Å²) < 4.78 is 28.0. The van der Waals surface area contributed by atoms with Gasteiger partial charge in [-0.2, -0.15) is 0 Å². The Bertz CT molecular complexity index is 1350. The number of amides is 2. The monoisotopic (exact) mass is 495 g/mol. The third-order valence-corrected chi connectivity index (χ3v) is 7.50. The van der Waals surface area contributed by atoms with E-state index in [4.69, 9.17) is 9.88 Å². The van der Waals surface area contributed by atoms with Crippen LogP contribution in [0.4, 0.5) is 5.69 Å². The van der Waals surface area contributed by atoms with E-state index in [1.165, 1.54) is 24.3 Å². The van der Waals surface area contributed by atoms with Crippen molar-refractivity contribution in [1.82, 2.24) is 4.90 Å². The van der Waals surface area contributed by atoms with Gasteiger partial charge in [0.2, 0.25) is 21.8 Å². The first-order chi connectivity index (χ1) is 16.7. The number of benzene rings is 3. The molecule has 0 saturated carbocycles. The molecule has 0 aromatic heterocycles. The fraction of sp³-hybridized carbons (Fsp3) is 0.308. The summed E-state index contributed by atoms with van der Waals surface area (Å²) in [5, 5.41) is 10.0. The number of likely N-dealkylation sites (tertiary alicyclic amines) is 1. The Kier molecular flexibility index (Phi) is 7.09. The van der Waals surface area contributed by atoms with Gasteiger partial charge in [0, 0.05) is 24.7 Å². The number of anilines is 1. The Morgan fingerprint density at radius 2 is 1.63 bits per heavy atom. The van der Waals surface area contributed by atoms with Crippen molar-refractivity contribution in [2.45, 2.75) is 30.6 Å². The van der Waals surface area contributed by atoms with E-state index in [1.54, 1.807) is 7.11 Å². The van der Waals surface area contributed by atoms with Gasteiger partial charge in [0.15, 0.2) is 0 Å². The van der Waals surface area contributed by atoms with Gasteiger partial charge in [-0.3, -0.25) is 9.59 Å². The topological polar surface area (TPSA) is 119 Å². The van der Waals surface area contributed by atoms with Crippen molar-refractivity contribution in [3.05, 3.63) is 66.2 Å². The fourth-order valence-corrected chi connectivity index (χ4v) is 4.90. The molecule has 0 bridgehead atoms. The second-order valence-corrected chi connectivity index (χ2v) is 10.4. The van der Waals surface area contributed by atoms with Gasteiger partial charge in [0.25, 0.3) is 0 Å². The van der Waals surface area contributed by atoms with Gasteiger partial charge in [-0.1, -0.05) is 24.3 Å². The first kappa shape index (κ1) is 24.7. The predicted molar refractivity (Wildman–Crippen MR) is 135 cm³/mol. The smallest absolute Gasteiger partial charge is 0.238 e. The van der Waals surface area contributed by atoms with Crippen LogP contribution in [0, 0.1) is 5.92 Å². The summed E-state index contributed by atoms with van der Waals surface area (Å²) >= 11 is 0. The molecule has 9 heteroatoms. The van der Waals surface area contributed by atoms with Crippen LogP contribution in [-0.2, 0) is 19.6 Å². The van der Waals surface area contributed by atoms with Gasteiger partial charge < -0.3 is 15.0 Å². The zero-order chi connectivity index (χ0) is 25.2. The molecule has 0 radical (unpaired) electrons. The summed E-state index contributed by atoms with van der Waals surface area (Å²) in [5.41, 5.74) is 1.46. The summed E-state index contributed by atoms with van der Waals surface area (Å²) in [6, 6.07) is 17.6. The van der Waals surface area contributed by atoms with Crippen LogP contribution in [0.5, 0.6) is 5.75 Å². The molecule has 4 rings (SSSR count). The number of fused-ring (bicyclic) bond motifs is 1. The lowest BCUT2D eigenvalue weighted by Gasteiger charge is -2.33. The minimum atomic E-state index is -3.78. The van der Waals surface area contributed by atoms with E-state index >= 15 is 0 Å². The number of nitrogens with zero attached hydrogens (tertiary/aromatic N) is 1. The normalized spacial score (nSPS) is 15.6. The highest BCUT2D eigenvalue weighted by atomic mass is 32.2. The zero-order valence-corrected chi connectivity index (χ0v) is 20.5. The molecule has 0 unspecified atom stereocenters. The van der Waals surface area contributed by atoms with E-state index in [2.05, 4.69) is 5.32 Å². The van der Waals surface area contributed by atoms with Crippen molar-refractivity contribution in [3.8, 4) is 5.75 Å². The maximum atomic E-state index is 13.2. The number of rotatable bonds is 6. The van der Waals surface area contributed by atoms with Crippen LogP contribution in [0.2, 0.25) is 0 Å². The number of carbonyl (C=O) groups is 2. The molecule has 2 amide bonds. The van der Waals surface area contributed by atoms with Crippen LogP contribution in [-0.4, -0.2) is 45.3 Å². The van der Waals surface area contributed by atoms with Gasteiger partial charge in [-0.25, -0.2) is 13.6 Å². The molecular weight excluding hydrogens is 466 g/mol. The molecule has 3 aromatic carbocycles. The van der Waals surface area contributed by atoms with E-state index < -0.39 is 10.0 Å². The van der Waals surface area contributed by atoms with Gasteiger partial charge >= 0.3 is 0 Å². The van der Waals surface area contributed by atoms with Crippen molar-refractivity contribution in [2.75, 3.05) is 25.5 Å². The molecule has 1 aliphatic heterocycles. The Labute approximate surface area is 205 Å². The second kappa shape index (κ2) is 10.1. The fourth-order valence-electron chi connectivity index (χ4n) is 4.39. The molecule has 1 fully saturated rings. The zero-order valence-electron chi connectivity index (χ0n) is 19.7. The Balaban J connectivity index is 1.34. The lowest BCUT2D eigenvalue weighted by molar-refractivity contribution is -0.135. The minimum absolute atomic E-state index is 0.0115. The number of nitrogens with one attached hydrogen (secondary N) is 1. The first-order valence-electron chi connectivity index (χ1n) is 11.5. The van der Waals surface area contributed by atoms with Crippen molar-refractivity contribution in [2.24, 2.45) is 11.1 Å². The maximum Gasteiger partial charge on any atom is 0.238 e.